The summed E-state index contributed by atoms with van der Waals surface area (Å²) < 4.78 is 19.0. The monoisotopic (exact) mass is 284 g/mol. The fraction of sp³-hybridized carbons (Fsp3) is 0.0625. The highest BCUT2D eigenvalue weighted by Gasteiger charge is 2.14. The lowest BCUT2D eigenvalue weighted by Gasteiger charge is -2.09. The van der Waals surface area contributed by atoms with Crippen LogP contribution in [-0.2, 0) is 0 Å². The van der Waals surface area contributed by atoms with Crippen molar-refractivity contribution in [3.05, 3.63) is 58.0 Å². The zero-order valence-electron chi connectivity index (χ0n) is 11.3. The molecule has 0 aliphatic carbocycles. The van der Waals surface area contributed by atoms with Gasteiger partial charge in [0.25, 0.3) is 0 Å². The summed E-state index contributed by atoms with van der Waals surface area (Å²) in [5.41, 5.74) is 13.5. The second-order valence-corrected chi connectivity index (χ2v) is 4.91. The Morgan fingerprint density at radius 2 is 1.71 bits per heavy atom. The Labute approximate surface area is 119 Å². The van der Waals surface area contributed by atoms with Crippen LogP contribution >= 0.6 is 0 Å². The Balaban J connectivity index is 2.36. The average Bonchev–Trinajstić information content (AvgIpc) is 2.42. The highest BCUT2D eigenvalue weighted by atomic mass is 19.1. The molecule has 0 amide bonds. The fourth-order valence-corrected chi connectivity index (χ4v) is 2.34. The van der Waals surface area contributed by atoms with Gasteiger partial charge in [0.1, 0.15) is 17.2 Å². The number of halogens is 1. The smallest absolute Gasteiger partial charge is 0.196 e. The van der Waals surface area contributed by atoms with Crippen molar-refractivity contribution in [2.24, 2.45) is 0 Å². The van der Waals surface area contributed by atoms with Crippen LogP contribution in [0.3, 0.4) is 0 Å². The normalized spacial score (nSPS) is 11.0. The number of rotatable bonds is 1. The van der Waals surface area contributed by atoms with Gasteiger partial charge in [0, 0.05) is 22.5 Å². The third kappa shape index (κ3) is 2.23. The molecule has 5 heteroatoms. The third-order valence-corrected chi connectivity index (χ3v) is 3.32. The Bertz CT molecular complexity index is 896. The quantitative estimate of drug-likeness (QED) is 0.673. The molecule has 0 aliphatic rings. The Morgan fingerprint density at radius 3 is 2.38 bits per heavy atom. The molecule has 0 aliphatic heterocycles. The van der Waals surface area contributed by atoms with Crippen LogP contribution in [0.15, 0.2) is 45.6 Å². The molecule has 21 heavy (non-hydrogen) atoms. The van der Waals surface area contributed by atoms with Gasteiger partial charge in [-0.1, -0.05) is 0 Å². The van der Waals surface area contributed by atoms with Gasteiger partial charge >= 0.3 is 0 Å². The third-order valence-electron chi connectivity index (χ3n) is 3.32. The van der Waals surface area contributed by atoms with Gasteiger partial charge in [0.05, 0.1) is 5.39 Å². The van der Waals surface area contributed by atoms with Crippen LogP contribution in [0.25, 0.3) is 22.3 Å². The Kier molecular flexibility index (Phi) is 2.90. The minimum absolute atomic E-state index is 0.216. The number of benzene rings is 2. The second-order valence-electron chi connectivity index (χ2n) is 4.91. The van der Waals surface area contributed by atoms with Crippen molar-refractivity contribution in [3.8, 4) is 11.3 Å². The van der Waals surface area contributed by atoms with Crippen LogP contribution in [0.2, 0.25) is 0 Å². The minimum Gasteiger partial charge on any atom is -0.456 e. The van der Waals surface area contributed by atoms with Gasteiger partial charge in [0.2, 0.25) is 0 Å². The first-order chi connectivity index (χ1) is 9.95. The van der Waals surface area contributed by atoms with Crippen LogP contribution < -0.4 is 16.9 Å². The molecule has 106 valence electrons. The summed E-state index contributed by atoms with van der Waals surface area (Å²) in [5.74, 6) is -0.0896. The molecule has 0 atom stereocenters. The molecule has 4 N–H and O–H groups in total. The van der Waals surface area contributed by atoms with E-state index in [1.54, 1.807) is 25.1 Å². The molecular weight excluding hydrogens is 271 g/mol. The summed E-state index contributed by atoms with van der Waals surface area (Å²) in [6.07, 6.45) is 0. The number of hydrogen-bond acceptors (Lipinski definition) is 4. The van der Waals surface area contributed by atoms with E-state index in [4.69, 9.17) is 15.9 Å². The number of nitrogens with two attached hydrogens (primary N) is 2. The maximum Gasteiger partial charge on any atom is 0.196 e. The van der Waals surface area contributed by atoms with E-state index >= 15 is 0 Å². The Hall–Kier alpha value is -2.82. The molecule has 0 unspecified atom stereocenters. The lowest BCUT2D eigenvalue weighted by atomic mass is 10.0. The van der Waals surface area contributed by atoms with Gasteiger partial charge in [-0.05, 0) is 43.3 Å². The van der Waals surface area contributed by atoms with Crippen molar-refractivity contribution in [2.45, 2.75) is 6.92 Å². The zero-order valence-corrected chi connectivity index (χ0v) is 11.3. The fourth-order valence-electron chi connectivity index (χ4n) is 2.34. The van der Waals surface area contributed by atoms with E-state index in [0.29, 0.717) is 33.8 Å². The first-order valence-electron chi connectivity index (χ1n) is 6.35. The van der Waals surface area contributed by atoms with Crippen molar-refractivity contribution in [2.75, 3.05) is 11.5 Å². The van der Waals surface area contributed by atoms with Crippen LogP contribution in [0.5, 0.6) is 0 Å². The van der Waals surface area contributed by atoms with Crippen LogP contribution in [-0.4, -0.2) is 0 Å². The van der Waals surface area contributed by atoms with Crippen LogP contribution in [0.1, 0.15) is 5.56 Å². The molecule has 4 nitrogen and oxygen atoms in total. The maximum atomic E-state index is 13.3. The predicted octanol–water partition coefficient (Wildman–Crippen LogP) is 3.07. The minimum atomic E-state index is -0.477. The highest BCUT2D eigenvalue weighted by molar-refractivity contribution is 5.81. The molecule has 2 aromatic carbocycles. The predicted molar refractivity (Wildman–Crippen MR) is 81.4 cm³/mol. The number of hydrogen-bond donors (Lipinski definition) is 2. The lowest BCUT2D eigenvalue weighted by Crippen LogP contribution is -2.07. The van der Waals surface area contributed by atoms with E-state index in [2.05, 4.69) is 0 Å². The lowest BCUT2D eigenvalue weighted by molar-refractivity contribution is 0.605. The summed E-state index contributed by atoms with van der Waals surface area (Å²) in [6.45, 7) is 1.63. The molecule has 3 aromatic rings. The zero-order chi connectivity index (χ0) is 15.1. The van der Waals surface area contributed by atoms with Crippen molar-refractivity contribution >= 4 is 22.3 Å². The van der Waals surface area contributed by atoms with E-state index < -0.39 is 5.82 Å². The van der Waals surface area contributed by atoms with E-state index in [1.165, 1.54) is 18.2 Å². The molecule has 3 rings (SSSR count). The first kappa shape index (κ1) is 13.2. The molecule has 0 bridgehead atoms. The first-order valence-corrected chi connectivity index (χ1v) is 6.35. The molecule has 0 spiro atoms. The van der Waals surface area contributed by atoms with E-state index in [0.717, 1.165) is 0 Å². The molecule has 0 saturated carbocycles. The van der Waals surface area contributed by atoms with E-state index in [1.807, 2.05) is 0 Å². The number of anilines is 2. The van der Waals surface area contributed by atoms with Gasteiger partial charge in [0.15, 0.2) is 5.43 Å². The van der Waals surface area contributed by atoms with Gasteiger partial charge in [-0.2, -0.15) is 0 Å². The summed E-state index contributed by atoms with van der Waals surface area (Å²) in [4.78, 5) is 12.4. The maximum absolute atomic E-state index is 13.3. The second kappa shape index (κ2) is 4.63. The number of fused-ring (bicyclic) bond motifs is 1. The molecule has 1 heterocycles. The molecule has 1 aromatic heterocycles. The van der Waals surface area contributed by atoms with Crippen molar-refractivity contribution < 1.29 is 8.81 Å². The Morgan fingerprint density at radius 1 is 1.05 bits per heavy atom. The molecule has 0 saturated heterocycles. The summed E-state index contributed by atoms with van der Waals surface area (Å²) in [5, 5.41) is 0.216. The average molecular weight is 284 g/mol. The molecule has 0 radical (unpaired) electrons. The SMILES string of the molecule is Cc1c(-c2cc(N)cc(N)c2)oc2ccc(F)cc2c1=O. The van der Waals surface area contributed by atoms with Gasteiger partial charge < -0.3 is 15.9 Å². The van der Waals surface area contributed by atoms with E-state index in [-0.39, 0.29) is 10.8 Å². The summed E-state index contributed by atoms with van der Waals surface area (Å²) in [7, 11) is 0. The van der Waals surface area contributed by atoms with E-state index in [9.17, 15) is 9.18 Å². The summed E-state index contributed by atoms with van der Waals surface area (Å²) >= 11 is 0. The molecular formula is C16H13FN2O2. The van der Waals surface area contributed by atoms with Crippen molar-refractivity contribution in [3.63, 3.8) is 0 Å². The number of nitrogen functional groups attached to an aromatic ring is 2. The van der Waals surface area contributed by atoms with Crippen molar-refractivity contribution in [1.29, 1.82) is 0 Å². The summed E-state index contributed by atoms with van der Waals surface area (Å²) in [6, 6.07) is 8.83. The standard InChI is InChI=1S/C16H13FN2O2/c1-8-15(20)13-6-10(17)2-3-14(13)21-16(8)9-4-11(18)7-12(19)5-9/h2-7H,18-19H2,1H3. The van der Waals surface area contributed by atoms with Crippen LogP contribution in [0.4, 0.5) is 15.8 Å². The van der Waals surface area contributed by atoms with Crippen LogP contribution in [0, 0.1) is 12.7 Å². The van der Waals surface area contributed by atoms with Gasteiger partial charge in [-0.3, -0.25) is 4.79 Å². The molecule has 0 fully saturated rings. The van der Waals surface area contributed by atoms with Gasteiger partial charge in [-0.15, -0.1) is 0 Å². The van der Waals surface area contributed by atoms with Gasteiger partial charge in [-0.25, -0.2) is 4.39 Å². The largest absolute Gasteiger partial charge is 0.456 e. The van der Waals surface area contributed by atoms with Crippen molar-refractivity contribution in [1.82, 2.24) is 0 Å². The highest BCUT2D eigenvalue weighted by Crippen LogP contribution is 2.29. The topological polar surface area (TPSA) is 82.2 Å².